The summed E-state index contributed by atoms with van der Waals surface area (Å²) < 4.78 is 19.0. The third-order valence-electron chi connectivity index (χ3n) is 8.06. The van der Waals surface area contributed by atoms with Gasteiger partial charge in [-0.15, -0.1) is 12.4 Å². The molecule has 1 N–H and O–H groups in total. The van der Waals surface area contributed by atoms with Crippen LogP contribution in [0, 0.1) is 0 Å². The second kappa shape index (κ2) is 8.05. The van der Waals surface area contributed by atoms with Crippen molar-refractivity contribution in [3.63, 3.8) is 0 Å². The minimum Gasteiger partial charge on any atom is -0.493 e. The highest BCUT2D eigenvalue weighted by atomic mass is 35.5. The van der Waals surface area contributed by atoms with Crippen molar-refractivity contribution in [3.8, 4) is 11.5 Å². The predicted molar refractivity (Wildman–Crippen MR) is 124 cm³/mol. The van der Waals surface area contributed by atoms with Crippen molar-refractivity contribution in [1.82, 2.24) is 5.32 Å². The fraction of sp³-hybridized carbons (Fsp3) is 0.500. The Bertz CT molecular complexity index is 1030. The highest BCUT2D eigenvalue weighted by molar-refractivity contribution is 5.90. The maximum Gasteiger partial charge on any atom is 0.174 e. The number of hydrogen-bond donors (Lipinski definition) is 1. The summed E-state index contributed by atoms with van der Waals surface area (Å²) in [6.07, 6.45) is 4.51. The van der Waals surface area contributed by atoms with Gasteiger partial charge in [0.05, 0.1) is 18.1 Å². The first kappa shape index (κ1) is 21.7. The number of aryl methyl sites for hydroxylation is 1. The van der Waals surface area contributed by atoms with E-state index in [1.807, 2.05) is 6.07 Å². The van der Waals surface area contributed by atoms with Crippen LogP contribution >= 0.6 is 12.4 Å². The molecule has 4 atom stereocenters. The molecule has 2 fully saturated rings. The highest BCUT2D eigenvalue weighted by Gasteiger charge is 2.73. The number of hydrogen-bond acceptors (Lipinski definition) is 5. The topological polar surface area (TPSA) is 56.8 Å². The zero-order chi connectivity index (χ0) is 21.1. The third kappa shape index (κ3) is 2.81. The highest BCUT2D eigenvalue weighted by Crippen LogP contribution is 2.64. The summed E-state index contributed by atoms with van der Waals surface area (Å²) in [6, 6.07) is 14.9. The molecule has 2 aromatic rings. The van der Waals surface area contributed by atoms with Gasteiger partial charge in [0.1, 0.15) is 0 Å². The van der Waals surface area contributed by atoms with Gasteiger partial charge in [-0.05, 0) is 55.8 Å². The van der Waals surface area contributed by atoms with Crippen LogP contribution in [0.25, 0.3) is 0 Å². The van der Waals surface area contributed by atoms with Gasteiger partial charge in [-0.1, -0.05) is 36.4 Å². The average molecular weight is 456 g/mol. The van der Waals surface area contributed by atoms with Gasteiger partial charge < -0.3 is 19.5 Å². The molecule has 6 heteroatoms. The summed E-state index contributed by atoms with van der Waals surface area (Å²) in [5, 5.41) is 3.75. The molecule has 5 nitrogen and oxygen atoms in total. The lowest BCUT2D eigenvalue weighted by Crippen LogP contribution is -2.77. The third-order valence-corrected chi connectivity index (χ3v) is 8.06. The zero-order valence-electron chi connectivity index (χ0n) is 18.4. The van der Waals surface area contributed by atoms with Crippen LogP contribution in [0.3, 0.4) is 0 Å². The number of carbonyl (C=O) groups excluding carboxylic acids is 1. The van der Waals surface area contributed by atoms with E-state index in [4.69, 9.17) is 14.2 Å². The Hall–Kier alpha value is -2.08. The number of piperidine rings is 1. The van der Waals surface area contributed by atoms with Crippen molar-refractivity contribution in [2.75, 3.05) is 20.3 Å². The lowest BCUT2D eigenvalue weighted by Gasteiger charge is -2.61. The molecule has 1 unspecified atom stereocenters. The van der Waals surface area contributed by atoms with E-state index in [1.54, 1.807) is 7.11 Å². The number of Topliss-reactive ketones (excluding diaryl/α,β-unsaturated/α-hetero) is 1. The molecular weight excluding hydrogens is 426 g/mol. The fourth-order valence-corrected chi connectivity index (χ4v) is 6.82. The Labute approximate surface area is 195 Å². The molecule has 0 aromatic heterocycles. The molecule has 2 heterocycles. The molecule has 1 spiro atoms. The van der Waals surface area contributed by atoms with Crippen LogP contribution in [-0.2, 0) is 27.8 Å². The van der Waals surface area contributed by atoms with Gasteiger partial charge in [0, 0.05) is 24.6 Å². The second-order valence-electron chi connectivity index (χ2n) is 9.35. The van der Waals surface area contributed by atoms with Crippen molar-refractivity contribution in [1.29, 1.82) is 0 Å². The van der Waals surface area contributed by atoms with E-state index in [-0.39, 0.29) is 24.2 Å². The van der Waals surface area contributed by atoms with Crippen molar-refractivity contribution in [2.24, 2.45) is 0 Å². The first-order valence-electron chi connectivity index (χ1n) is 11.5. The minimum absolute atomic E-state index is 0. The molecule has 2 aromatic carbocycles. The first-order chi connectivity index (χ1) is 15.2. The fourth-order valence-electron chi connectivity index (χ4n) is 6.82. The maximum absolute atomic E-state index is 13.1. The number of benzene rings is 2. The van der Waals surface area contributed by atoms with Crippen LogP contribution in [0.1, 0.15) is 42.4 Å². The number of nitrogens with one attached hydrogen (secondary N) is 1. The number of methoxy groups -OCH3 is 1. The van der Waals surface area contributed by atoms with Crippen LogP contribution in [0.5, 0.6) is 11.5 Å². The molecule has 1 saturated heterocycles. The molecule has 2 aliphatic carbocycles. The molecule has 2 aliphatic heterocycles. The van der Waals surface area contributed by atoms with E-state index < -0.39 is 17.1 Å². The number of ketones is 1. The Balaban J connectivity index is 0.00000216. The van der Waals surface area contributed by atoms with E-state index in [9.17, 15) is 4.79 Å². The van der Waals surface area contributed by atoms with Crippen molar-refractivity contribution in [2.45, 2.75) is 61.7 Å². The van der Waals surface area contributed by atoms with Gasteiger partial charge >= 0.3 is 0 Å². The minimum atomic E-state index is -0.467. The number of halogens is 1. The van der Waals surface area contributed by atoms with E-state index >= 15 is 0 Å². The smallest absolute Gasteiger partial charge is 0.174 e. The van der Waals surface area contributed by atoms with Gasteiger partial charge in [-0.3, -0.25) is 4.79 Å². The summed E-state index contributed by atoms with van der Waals surface area (Å²) in [4.78, 5) is 13.1. The Morgan fingerprint density at radius 2 is 2.00 bits per heavy atom. The summed E-state index contributed by atoms with van der Waals surface area (Å²) in [7, 11) is 1.67. The largest absolute Gasteiger partial charge is 0.493 e. The van der Waals surface area contributed by atoms with Gasteiger partial charge in [0.15, 0.2) is 23.4 Å². The standard InChI is InChI=1S/C26H29NO4.ClH/c1-29-20-10-9-18-16-21-26(30-15-5-8-17-6-3-2-4-7-17)12-11-19(28)24-25(26,13-14-27-21)22(18)23(20)31-24;/h2-4,6-7,9-10,21,24,27H,5,8,11-16H2,1H3;1H/t21-,24?,25+,26-;/m1./s1. The second-order valence-corrected chi connectivity index (χ2v) is 9.35. The van der Waals surface area contributed by atoms with Crippen molar-refractivity contribution >= 4 is 18.2 Å². The van der Waals surface area contributed by atoms with Gasteiger partial charge in [0.2, 0.25) is 0 Å². The molecular formula is C26H30ClNO4. The Morgan fingerprint density at radius 1 is 1.16 bits per heavy atom. The monoisotopic (exact) mass is 455 g/mol. The van der Waals surface area contributed by atoms with E-state index in [0.29, 0.717) is 13.0 Å². The van der Waals surface area contributed by atoms with Crippen LogP contribution in [0.2, 0.25) is 0 Å². The van der Waals surface area contributed by atoms with Crippen LogP contribution in [0.4, 0.5) is 0 Å². The molecule has 1 saturated carbocycles. The summed E-state index contributed by atoms with van der Waals surface area (Å²) >= 11 is 0. The van der Waals surface area contributed by atoms with E-state index in [2.05, 4.69) is 41.7 Å². The van der Waals surface area contributed by atoms with Crippen LogP contribution in [-0.4, -0.2) is 43.8 Å². The van der Waals surface area contributed by atoms with Crippen LogP contribution < -0.4 is 14.8 Å². The van der Waals surface area contributed by atoms with Gasteiger partial charge in [-0.2, -0.15) is 0 Å². The number of ether oxygens (including phenoxy) is 3. The SMILES string of the molecule is COc1ccc2c3c1OC1C(=O)CC[C@@]4(OCCCc5ccccc5)[C@@H](C2)NCC[C@]314.Cl. The summed E-state index contributed by atoms with van der Waals surface area (Å²) in [5.74, 6) is 1.71. The summed E-state index contributed by atoms with van der Waals surface area (Å²) in [6.45, 7) is 1.56. The lowest BCUT2D eigenvalue weighted by atomic mass is 9.49. The molecule has 2 bridgehead atoms. The normalized spacial score (nSPS) is 31.3. The van der Waals surface area contributed by atoms with Gasteiger partial charge in [-0.25, -0.2) is 0 Å². The molecule has 32 heavy (non-hydrogen) atoms. The molecule has 6 rings (SSSR count). The zero-order valence-corrected chi connectivity index (χ0v) is 19.2. The molecule has 0 amide bonds. The first-order valence-corrected chi connectivity index (χ1v) is 11.5. The quantitative estimate of drug-likeness (QED) is 0.672. The Morgan fingerprint density at radius 3 is 2.81 bits per heavy atom. The lowest BCUT2D eigenvalue weighted by molar-refractivity contribution is -0.189. The Kier molecular flexibility index (Phi) is 5.47. The van der Waals surface area contributed by atoms with E-state index in [1.165, 1.54) is 16.7 Å². The van der Waals surface area contributed by atoms with Crippen molar-refractivity contribution in [3.05, 3.63) is 59.2 Å². The van der Waals surface area contributed by atoms with Crippen LogP contribution in [0.15, 0.2) is 42.5 Å². The summed E-state index contributed by atoms with van der Waals surface area (Å²) in [5.41, 5.74) is 2.97. The molecule has 0 radical (unpaired) electrons. The average Bonchev–Trinajstić information content (AvgIpc) is 3.14. The molecule has 170 valence electrons. The van der Waals surface area contributed by atoms with Gasteiger partial charge in [0.25, 0.3) is 0 Å². The maximum atomic E-state index is 13.1. The predicted octanol–water partition coefficient (Wildman–Crippen LogP) is 3.78. The number of rotatable bonds is 6. The number of carbonyl (C=O) groups is 1. The van der Waals surface area contributed by atoms with Crippen molar-refractivity contribution < 1.29 is 19.0 Å². The van der Waals surface area contributed by atoms with E-state index in [0.717, 1.165) is 50.1 Å². The molecule has 4 aliphatic rings.